The first kappa shape index (κ1) is 14.6. The minimum absolute atomic E-state index is 0.255. The summed E-state index contributed by atoms with van der Waals surface area (Å²) in [7, 11) is 1.38. The molecule has 0 radical (unpaired) electrons. The van der Waals surface area contributed by atoms with Gasteiger partial charge in [0.15, 0.2) is 0 Å². The van der Waals surface area contributed by atoms with Crippen LogP contribution in [0.1, 0.15) is 18.4 Å². The fourth-order valence-electron chi connectivity index (χ4n) is 1.56. The van der Waals surface area contributed by atoms with Crippen LogP contribution in [0.15, 0.2) is 28.7 Å². The number of carbonyl (C=O) groups excluding carboxylic acids is 1. The van der Waals surface area contributed by atoms with E-state index in [0.29, 0.717) is 17.5 Å². The molecule has 106 valence electrons. The summed E-state index contributed by atoms with van der Waals surface area (Å²) in [6.45, 7) is 3.81. The fourth-order valence-corrected chi connectivity index (χ4v) is 2.30. The van der Waals surface area contributed by atoms with Crippen LogP contribution in [0.2, 0.25) is 0 Å². The normalized spacial score (nSPS) is 12.2. The second-order valence-electron chi connectivity index (χ2n) is 4.34. The zero-order valence-corrected chi connectivity index (χ0v) is 12.4. The highest BCUT2D eigenvalue weighted by Gasteiger charge is 2.16. The van der Waals surface area contributed by atoms with E-state index in [9.17, 15) is 4.79 Å². The molecule has 0 saturated carbocycles. The van der Waals surface area contributed by atoms with Gasteiger partial charge in [-0.25, -0.2) is 0 Å². The van der Waals surface area contributed by atoms with Gasteiger partial charge in [0.2, 0.25) is 11.8 Å². The van der Waals surface area contributed by atoms with Crippen molar-refractivity contribution in [1.82, 2.24) is 10.2 Å². The monoisotopic (exact) mass is 292 g/mol. The van der Waals surface area contributed by atoms with E-state index < -0.39 is 0 Å². The maximum absolute atomic E-state index is 11.3. The quantitative estimate of drug-likeness (QED) is 0.790. The zero-order chi connectivity index (χ0) is 14.5. The predicted molar refractivity (Wildman–Crippen MR) is 77.2 cm³/mol. The van der Waals surface area contributed by atoms with Gasteiger partial charge in [-0.15, -0.1) is 22.0 Å². The number of carbonyl (C=O) groups is 1. The van der Waals surface area contributed by atoms with E-state index in [1.165, 1.54) is 24.4 Å². The first-order chi connectivity index (χ1) is 9.60. The van der Waals surface area contributed by atoms with Crippen LogP contribution in [-0.4, -0.2) is 28.5 Å². The molecule has 6 heteroatoms. The second kappa shape index (κ2) is 6.56. The molecule has 1 aromatic carbocycles. The molecule has 2 aromatic rings. The number of rotatable bonds is 5. The summed E-state index contributed by atoms with van der Waals surface area (Å²) in [5, 5.41) is 7.74. The zero-order valence-electron chi connectivity index (χ0n) is 11.6. The summed E-state index contributed by atoms with van der Waals surface area (Å²) in [5.41, 5.74) is 2.07. The fraction of sp³-hybridized carbons (Fsp3) is 0.357. The number of ether oxygens (including phenoxy) is 1. The molecule has 0 aliphatic heterocycles. The van der Waals surface area contributed by atoms with Crippen molar-refractivity contribution in [2.45, 2.75) is 24.9 Å². The van der Waals surface area contributed by atoms with Gasteiger partial charge in [0, 0.05) is 5.56 Å². The first-order valence-corrected chi connectivity index (χ1v) is 7.24. The molecule has 2 rings (SSSR count). The number of aromatic nitrogens is 2. The van der Waals surface area contributed by atoms with E-state index in [2.05, 4.69) is 14.9 Å². The maximum Gasteiger partial charge on any atom is 0.318 e. The first-order valence-electron chi connectivity index (χ1n) is 6.19. The molecule has 1 unspecified atom stereocenters. The minimum atomic E-state index is -0.256. The van der Waals surface area contributed by atoms with Crippen molar-refractivity contribution in [3.8, 4) is 11.5 Å². The number of nitrogens with zero attached hydrogens (tertiary/aromatic N) is 2. The molecule has 5 nitrogen and oxygen atoms in total. The van der Waals surface area contributed by atoms with Crippen LogP contribution in [0.5, 0.6) is 0 Å². The van der Waals surface area contributed by atoms with Gasteiger partial charge < -0.3 is 9.15 Å². The van der Waals surface area contributed by atoms with Gasteiger partial charge >= 0.3 is 5.97 Å². The van der Waals surface area contributed by atoms with Crippen LogP contribution in [0.25, 0.3) is 11.5 Å². The lowest BCUT2D eigenvalue weighted by molar-refractivity contribution is -0.139. The number of hydrogen-bond donors (Lipinski definition) is 0. The van der Waals surface area contributed by atoms with E-state index in [1.807, 2.05) is 31.2 Å². The van der Waals surface area contributed by atoms with Gasteiger partial charge in [0.25, 0.3) is 0 Å². The van der Waals surface area contributed by atoms with Crippen molar-refractivity contribution in [3.05, 3.63) is 35.7 Å². The molecular weight excluding hydrogens is 276 g/mol. The van der Waals surface area contributed by atoms with Gasteiger partial charge in [-0.3, -0.25) is 4.79 Å². The molecule has 0 bridgehead atoms. The molecule has 0 amide bonds. The maximum atomic E-state index is 11.3. The Morgan fingerprint density at radius 1 is 1.35 bits per heavy atom. The second-order valence-corrected chi connectivity index (χ2v) is 5.67. The molecule has 1 aromatic heterocycles. The van der Waals surface area contributed by atoms with Gasteiger partial charge in [-0.1, -0.05) is 17.7 Å². The van der Waals surface area contributed by atoms with E-state index in [-0.39, 0.29) is 11.2 Å². The minimum Gasteiger partial charge on any atom is -0.468 e. The number of hydrogen-bond acceptors (Lipinski definition) is 6. The number of methoxy groups -OCH3 is 1. The lowest BCUT2D eigenvalue weighted by Gasteiger charge is -2.06. The summed E-state index contributed by atoms with van der Waals surface area (Å²) in [6, 6.07) is 7.87. The Hall–Kier alpha value is -1.82. The lowest BCUT2D eigenvalue weighted by atomic mass is 10.1. The van der Waals surface area contributed by atoms with Crippen molar-refractivity contribution in [3.63, 3.8) is 0 Å². The van der Waals surface area contributed by atoms with Crippen molar-refractivity contribution in [2.75, 3.05) is 7.11 Å². The predicted octanol–water partition coefficient (Wildman–Crippen LogP) is 2.84. The van der Waals surface area contributed by atoms with Gasteiger partial charge in [-0.2, -0.15) is 0 Å². The Balaban J connectivity index is 1.99. The van der Waals surface area contributed by atoms with Gasteiger partial charge in [0.05, 0.1) is 12.9 Å². The molecule has 0 aliphatic rings. The highest BCUT2D eigenvalue weighted by molar-refractivity contribution is 7.99. The van der Waals surface area contributed by atoms with E-state index in [1.54, 1.807) is 6.92 Å². The van der Waals surface area contributed by atoms with Crippen LogP contribution < -0.4 is 0 Å². The van der Waals surface area contributed by atoms with Crippen LogP contribution >= 0.6 is 11.8 Å². The highest BCUT2D eigenvalue weighted by atomic mass is 32.2. The summed E-state index contributed by atoms with van der Waals surface area (Å²) in [6.07, 6.45) is 0. The Morgan fingerprint density at radius 3 is 2.70 bits per heavy atom. The Kier molecular flexibility index (Phi) is 4.79. The number of thioether (sulfide) groups is 1. The van der Waals surface area contributed by atoms with Gasteiger partial charge in [0.1, 0.15) is 5.25 Å². The topological polar surface area (TPSA) is 65.2 Å². The van der Waals surface area contributed by atoms with Crippen molar-refractivity contribution in [1.29, 1.82) is 0 Å². The molecule has 20 heavy (non-hydrogen) atoms. The number of benzene rings is 1. The Bertz CT molecular complexity index is 580. The number of esters is 1. The van der Waals surface area contributed by atoms with Gasteiger partial charge in [-0.05, 0) is 26.0 Å². The molecular formula is C14H16N2O3S. The van der Waals surface area contributed by atoms with Crippen molar-refractivity contribution >= 4 is 17.7 Å². The van der Waals surface area contributed by atoms with Crippen LogP contribution in [0, 0.1) is 6.92 Å². The summed E-state index contributed by atoms with van der Waals surface area (Å²) in [5.74, 6) is 1.22. The molecule has 0 N–H and O–H groups in total. The van der Waals surface area contributed by atoms with Crippen LogP contribution in [0.4, 0.5) is 0 Å². The summed E-state index contributed by atoms with van der Waals surface area (Å²) >= 11 is 1.40. The third-order valence-electron chi connectivity index (χ3n) is 2.76. The molecule has 0 aliphatic carbocycles. The van der Waals surface area contributed by atoms with E-state index >= 15 is 0 Å². The highest BCUT2D eigenvalue weighted by Crippen LogP contribution is 2.22. The molecule has 0 spiro atoms. The Morgan fingerprint density at radius 2 is 2.05 bits per heavy atom. The van der Waals surface area contributed by atoms with Crippen molar-refractivity contribution < 1.29 is 13.9 Å². The standard InChI is InChI=1S/C14H16N2O3S/c1-9-4-6-11(7-5-9)13-16-15-12(19-13)8-20-10(2)14(17)18-3/h4-7,10H,8H2,1-3H3. The summed E-state index contributed by atoms with van der Waals surface area (Å²) in [4.78, 5) is 11.3. The van der Waals surface area contributed by atoms with E-state index in [0.717, 1.165) is 5.56 Å². The molecule has 0 fully saturated rings. The average Bonchev–Trinajstić information content (AvgIpc) is 2.93. The van der Waals surface area contributed by atoms with E-state index in [4.69, 9.17) is 4.42 Å². The molecule has 1 heterocycles. The van der Waals surface area contributed by atoms with Crippen molar-refractivity contribution in [2.24, 2.45) is 0 Å². The molecule has 1 atom stereocenters. The Labute approximate surface area is 121 Å². The van der Waals surface area contributed by atoms with Crippen LogP contribution in [-0.2, 0) is 15.3 Å². The largest absolute Gasteiger partial charge is 0.468 e. The number of aryl methyl sites for hydroxylation is 1. The third-order valence-corrected chi connectivity index (χ3v) is 3.86. The average molecular weight is 292 g/mol. The summed E-state index contributed by atoms with van der Waals surface area (Å²) < 4.78 is 10.2. The molecule has 0 saturated heterocycles. The lowest BCUT2D eigenvalue weighted by Crippen LogP contribution is -2.14. The smallest absolute Gasteiger partial charge is 0.318 e. The SMILES string of the molecule is COC(=O)C(C)SCc1nnc(-c2ccc(C)cc2)o1. The van der Waals surface area contributed by atoms with Crippen LogP contribution in [0.3, 0.4) is 0 Å². The third kappa shape index (κ3) is 3.60.